The molecule has 5 rings (SSSR count). The zero-order chi connectivity index (χ0) is 25.4. The Kier molecular flexibility index (Phi) is 6.51. The van der Waals surface area contributed by atoms with Gasteiger partial charge in [-0.25, -0.2) is 0 Å². The van der Waals surface area contributed by atoms with Gasteiger partial charge in [-0.1, -0.05) is 23.7 Å². The van der Waals surface area contributed by atoms with Crippen molar-refractivity contribution in [1.82, 2.24) is 14.9 Å². The fourth-order valence-corrected chi connectivity index (χ4v) is 5.49. The van der Waals surface area contributed by atoms with Gasteiger partial charge < -0.3 is 20.1 Å². The molecule has 3 heterocycles. The predicted octanol–water partition coefficient (Wildman–Crippen LogP) is 6.28. The number of anilines is 2. The smallest absolute Gasteiger partial charge is 0.221 e. The number of pyridine rings is 1. The number of rotatable bonds is 5. The number of aromatic nitrogens is 2. The van der Waals surface area contributed by atoms with Crippen LogP contribution in [0.25, 0.3) is 5.69 Å². The Labute approximate surface area is 220 Å². The molecule has 2 atom stereocenters. The number of thiocarbonyl (C=S) groups is 1. The lowest BCUT2D eigenvalue weighted by Gasteiger charge is -2.28. The average molecular weight is 516 g/mol. The molecule has 2 aromatic carbocycles. The number of benzene rings is 2. The highest BCUT2D eigenvalue weighted by atomic mass is 35.5. The highest BCUT2D eigenvalue weighted by Crippen LogP contribution is 2.44. The first-order chi connectivity index (χ1) is 17.3. The lowest BCUT2D eigenvalue weighted by atomic mass is 9.96. The number of hydrogen-bond donors (Lipinski definition) is 2. The highest BCUT2D eigenvalue weighted by molar-refractivity contribution is 7.80. The van der Waals surface area contributed by atoms with Crippen molar-refractivity contribution < 1.29 is 4.79 Å². The quantitative estimate of drug-likeness (QED) is 0.306. The zero-order valence-electron chi connectivity index (χ0n) is 20.2. The van der Waals surface area contributed by atoms with E-state index in [9.17, 15) is 4.79 Å². The summed E-state index contributed by atoms with van der Waals surface area (Å²) in [5.41, 5.74) is 6.93. The Morgan fingerprint density at radius 3 is 2.47 bits per heavy atom. The lowest BCUT2D eigenvalue weighted by molar-refractivity contribution is -0.114. The van der Waals surface area contributed by atoms with Gasteiger partial charge in [-0.2, -0.15) is 0 Å². The van der Waals surface area contributed by atoms with E-state index in [1.165, 1.54) is 6.92 Å². The molecule has 0 saturated carbocycles. The van der Waals surface area contributed by atoms with Crippen LogP contribution in [-0.2, 0) is 4.79 Å². The van der Waals surface area contributed by atoms with Crippen molar-refractivity contribution in [3.05, 3.63) is 107 Å². The zero-order valence-corrected chi connectivity index (χ0v) is 21.8. The van der Waals surface area contributed by atoms with Crippen molar-refractivity contribution in [3.8, 4) is 5.69 Å². The average Bonchev–Trinajstić information content (AvgIpc) is 3.35. The SMILES string of the molecule is CC(=O)Nc1ccc(N2C(=S)N[C@@H](c3ccccn3)[C@H]2c2cc(C)n(-c3cccc(Cl)c3)c2C)cc1. The predicted molar refractivity (Wildman–Crippen MR) is 149 cm³/mol. The molecule has 182 valence electrons. The first-order valence-corrected chi connectivity index (χ1v) is 12.4. The van der Waals surface area contributed by atoms with Crippen LogP contribution in [0, 0.1) is 13.8 Å². The van der Waals surface area contributed by atoms with Crippen LogP contribution in [-0.4, -0.2) is 20.6 Å². The van der Waals surface area contributed by atoms with Crippen molar-refractivity contribution in [2.24, 2.45) is 0 Å². The van der Waals surface area contributed by atoms with Gasteiger partial charge >= 0.3 is 0 Å². The Morgan fingerprint density at radius 2 is 1.81 bits per heavy atom. The molecule has 8 heteroatoms. The summed E-state index contributed by atoms with van der Waals surface area (Å²) in [6, 6.07) is 23.4. The lowest BCUT2D eigenvalue weighted by Crippen LogP contribution is -2.29. The summed E-state index contributed by atoms with van der Waals surface area (Å²) in [5.74, 6) is -0.109. The fraction of sp³-hybridized carbons (Fsp3) is 0.179. The van der Waals surface area contributed by atoms with Crippen LogP contribution >= 0.6 is 23.8 Å². The highest BCUT2D eigenvalue weighted by Gasteiger charge is 2.42. The maximum atomic E-state index is 11.5. The summed E-state index contributed by atoms with van der Waals surface area (Å²) in [6.07, 6.45) is 1.80. The van der Waals surface area contributed by atoms with E-state index in [2.05, 4.69) is 51.1 Å². The molecule has 1 aliphatic rings. The van der Waals surface area contributed by atoms with E-state index in [-0.39, 0.29) is 18.0 Å². The second-order valence-electron chi connectivity index (χ2n) is 8.87. The van der Waals surface area contributed by atoms with Gasteiger partial charge in [0.25, 0.3) is 0 Å². The van der Waals surface area contributed by atoms with Crippen LogP contribution < -0.4 is 15.5 Å². The van der Waals surface area contributed by atoms with Crippen molar-refractivity contribution in [2.75, 3.05) is 10.2 Å². The second-order valence-corrected chi connectivity index (χ2v) is 9.69. The van der Waals surface area contributed by atoms with Crippen LogP contribution in [0.1, 0.15) is 41.7 Å². The Morgan fingerprint density at radius 1 is 1.03 bits per heavy atom. The van der Waals surface area contributed by atoms with E-state index in [4.69, 9.17) is 23.8 Å². The number of amides is 1. The summed E-state index contributed by atoms with van der Waals surface area (Å²) in [7, 11) is 0. The van der Waals surface area contributed by atoms with Gasteiger partial charge in [0.2, 0.25) is 5.91 Å². The van der Waals surface area contributed by atoms with Crippen molar-refractivity contribution >= 4 is 46.2 Å². The normalized spacial score (nSPS) is 17.2. The molecule has 0 bridgehead atoms. The fourth-order valence-electron chi connectivity index (χ4n) is 4.96. The first-order valence-electron chi connectivity index (χ1n) is 11.7. The standard InChI is InChI=1S/C28H26ClN5OS/c1-17-15-24(18(2)33(17)23-8-6-7-20(29)16-23)27-26(25-9-4-5-14-30-25)32-28(36)34(27)22-12-10-21(11-13-22)31-19(3)35/h4-16,26-27H,1-3H3,(H,31,35)(H,32,36)/t26-,27+/m0/s1. The molecule has 1 amide bonds. The summed E-state index contributed by atoms with van der Waals surface area (Å²) in [6.45, 7) is 5.72. The third-order valence-electron chi connectivity index (χ3n) is 6.42. The molecular formula is C28H26ClN5OS. The molecule has 36 heavy (non-hydrogen) atoms. The van der Waals surface area contributed by atoms with Crippen LogP contribution in [0.15, 0.2) is 79.0 Å². The second kappa shape index (κ2) is 9.76. The third kappa shape index (κ3) is 4.47. The van der Waals surface area contributed by atoms with Crippen molar-refractivity contribution in [2.45, 2.75) is 32.9 Å². The molecule has 0 spiro atoms. The summed E-state index contributed by atoms with van der Waals surface area (Å²) in [5, 5.41) is 7.65. The number of nitrogens with one attached hydrogen (secondary N) is 2. The molecule has 1 fully saturated rings. The van der Waals surface area contributed by atoms with Gasteiger partial charge in [-0.15, -0.1) is 0 Å². The molecule has 0 aliphatic carbocycles. The number of carbonyl (C=O) groups is 1. The molecule has 0 radical (unpaired) electrons. The molecular weight excluding hydrogens is 490 g/mol. The Balaban J connectivity index is 1.63. The Bertz CT molecular complexity index is 1430. The van der Waals surface area contributed by atoms with Gasteiger partial charge in [-0.05, 0) is 92.3 Å². The van der Waals surface area contributed by atoms with Crippen LogP contribution in [0.5, 0.6) is 0 Å². The number of hydrogen-bond acceptors (Lipinski definition) is 3. The first kappa shape index (κ1) is 24.0. The monoisotopic (exact) mass is 515 g/mol. The minimum atomic E-state index is -0.151. The van der Waals surface area contributed by atoms with Gasteiger partial charge in [-0.3, -0.25) is 9.78 Å². The summed E-state index contributed by atoms with van der Waals surface area (Å²) < 4.78 is 2.22. The van der Waals surface area contributed by atoms with Crippen LogP contribution in [0.4, 0.5) is 11.4 Å². The molecule has 6 nitrogen and oxygen atoms in total. The van der Waals surface area contributed by atoms with Crippen molar-refractivity contribution in [3.63, 3.8) is 0 Å². The maximum Gasteiger partial charge on any atom is 0.221 e. The minimum Gasteiger partial charge on any atom is -0.351 e. The Hall–Kier alpha value is -3.68. The minimum absolute atomic E-state index is 0.109. The van der Waals surface area contributed by atoms with Crippen LogP contribution in [0.3, 0.4) is 0 Å². The molecule has 2 N–H and O–H groups in total. The van der Waals surface area contributed by atoms with Crippen LogP contribution in [0.2, 0.25) is 5.02 Å². The molecule has 1 saturated heterocycles. The summed E-state index contributed by atoms with van der Waals surface area (Å²) in [4.78, 5) is 18.3. The van der Waals surface area contributed by atoms with E-state index in [0.717, 1.165) is 39.7 Å². The van der Waals surface area contributed by atoms with E-state index < -0.39 is 0 Å². The van der Waals surface area contributed by atoms with E-state index in [1.54, 1.807) is 6.20 Å². The molecule has 1 aliphatic heterocycles. The van der Waals surface area contributed by atoms with Gasteiger partial charge in [0.05, 0.1) is 17.8 Å². The largest absolute Gasteiger partial charge is 0.351 e. The number of nitrogens with zero attached hydrogens (tertiary/aromatic N) is 3. The number of aryl methyl sites for hydroxylation is 1. The van der Waals surface area contributed by atoms with Gasteiger partial charge in [0.15, 0.2) is 5.11 Å². The number of carbonyl (C=O) groups excluding carboxylic acids is 1. The maximum absolute atomic E-state index is 11.5. The third-order valence-corrected chi connectivity index (χ3v) is 6.97. The van der Waals surface area contributed by atoms with Crippen molar-refractivity contribution in [1.29, 1.82) is 0 Å². The topological polar surface area (TPSA) is 62.2 Å². The van der Waals surface area contributed by atoms with Gasteiger partial charge in [0, 0.05) is 46.6 Å². The summed E-state index contributed by atoms with van der Waals surface area (Å²) >= 11 is 12.2. The van der Waals surface area contributed by atoms with E-state index >= 15 is 0 Å². The van der Waals surface area contributed by atoms with E-state index in [1.807, 2.05) is 60.7 Å². The van der Waals surface area contributed by atoms with E-state index in [0.29, 0.717) is 10.1 Å². The number of halogens is 1. The molecule has 0 unspecified atom stereocenters. The molecule has 2 aromatic heterocycles. The van der Waals surface area contributed by atoms with Gasteiger partial charge in [0.1, 0.15) is 0 Å². The molecule has 4 aromatic rings.